The highest BCUT2D eigenvalue weighted by Crippen LogP contribution is 1.96. The quantitative estimate of drug-likeness (QED) is 0.819. The molecule has 0 unspecified atom stereocenters. The summed E-state index contributed by atoms with van der Waals surface area (Å²) in [6, 6.07) is 9.76. The van der Waals surface area contributed by atoms with Crippen LogP contribution in [0.3, 0.4) is 0 Å². The molecule has 6 nitrogen and oxygen atoms in total. The Bertz CT molecular complexity index is 465. The van der Waals surface area contributed by atoms with Gasteiger partial charge in [0, 0.05) is 6.20 Å². The Labute approximate surface area is 103 Å². The van der Waals surface area contributed by atoms with E-state index in [1.165, 1.54) is 18.6 Å². The van der Waals surface area contributed by atoms with E-state index >= 15 is 0 Å². The third-order valence-electron chi connectivity index (χ3n) is 1.86. The number of amides is 1. The zero-order chi connectivity index (χ0) is 13.4. The molecule has 0 aliphatic rings. The van der Waals surface area contributed by atoms with Crippen molar-refractivity contribution in [3.05, 3.63) is 60.2 Å². The van der Waals surface area contributed by atoms with E-state index in [0.717, 1.165) is 0 Å². The predicted octanol–water partition coefficient (Wildman–Crippen LogP) is 0.960. The van der Waals surface area contributed by atoms with E-state index < -0.39 is 11.9 Å². The zero-order valence-corrected chi connectivity index (χ0v) is 9.35. The van der Waals surface area contributed by atoms with Gasteiger partial charge in [-0.25, -0.2) is 14.8 Å². The standard InChI is InChI=1S/C7H6O2.C5H5N3O/c8-7(9)6-4-2-1-3-5-6;6-5(9)4-1-2-7-3-8-4/h1-5H,(H,8,9);1-3H,(H2,6,9). The van der Waals surface area contributed by atoms with E-state index in [0.29, 0.717) is 5.56 Å². The Morgan fingerprint density at radius 2 is 1.78 bits per heavy atom. The Balaban J connectivity index is 0.000000180. The highest BCUT2D eigenvalue weighted by Gasteiger charge is 1.97. The summed E-state index contributed by atoms with van der Waals surface area (Å²) in [4.78, 5) is 27.7. The van der Waals surface area contributed by atoms with Crippen LogP contribution in [0.15, 0.2) is 48.9 Å². The van der Waals surface area contributed by atoms with Crippen molar-refractivity contribution in [3.8, 4) is 0 Å². The molecule has 2 rings (SSSR count). The molecular weight excluding hydrogens is 234 g/mol. The highest BCUT2D eigenvalue weighted by atomic mass is 16.4. The molecule has 0 spiro atoms. The first-order valence-corrected chi connectivity index (χ1v) is 4.95. The van der Waals surface area contributed by atoms with Crippen molar-refractivity contribution in [2.75, 3.05) is 0 Å². The molecule has 18 heavy (non-hydrogen) atoms. The molecule has 0 radical (unpaired) electrons. The molecule has 1 heterocycles. The molecule has 0 atom stereocenters. The molecule has 6 heteroatoms. The van der Waals surface area contributed by atoms with Gasteiger partial charge in [0.25, 0.3) is 5.91 Å². The lowest BCUT2D eigenvalue weighted by Crippen LogP contribution is -2.12. The van der Waals surface area contributed by atoms with Gasteiger partial charge in [-0.05, 0) is 18.2 Å². The van der Waals surface area contributed by atoms with Crippen molar-refractivity contribution in [2.45, 2.75) is 0 Å². The van der Waals surface area contributed by atoms with E-state index in [1.54, 1.807) is 30.3 Å². The molecule has 0 saturated carbocycles. The van der Waals surface area contributed by atoms with Crippen LogP contribution in [0.5, 0.6) is 0 Å². The number of nitrogens with two attached hydrogens (primary N) is 1. The number of nitrogens with zero attached hydrogens (tertiary/aromatic N) is 2. The minimum absolute atomic E-state index is 0.241. The van der Waals surface area contributed by atoms with E-state index in [1.807, 2.05) is 0 Å². The average molecular weight is 245 g/mol. The number of carbonyl (C=O) groups is 2. The summed E-state index contributed by atoms with van der Waals surface area (Å²) in [5, 5.41) is 8.38. The number of benzene rings is 1. The molecule has 1 amide bonds. The second-order valence-corrected chi connectivity index (χ2v) is 3.13. The van der Waals surface area contributed by atoms with Crippen molar-refractivity contribution in [1.82, 2.24) is 9.97 Å². The van der Waals surface area contributed by atoms with Gasteiger partial charge in [0.1, 0.15) is 12.0 Å². The lowest BCUT2D eigenvalue weighted by atomic mass is 10.2. The van der Waals surface area contributed by atoms with Crippen molar-refractivity contribution in [1.29, 1.82) is 0 Å². The van der Waals surface area contributed by atoms with Gasteiger partial charge in [0.15, 0.2) is 0 Å². The smallest absolute Gasteiger partial charge is 0.335 e. The van der Waals surface area contributed by atoms with Crippen molar-refractivity contribution in [3.63, 3.8) is 0 Å². The Hall–Kier alpha value is -2.76. The summed E-state index contributed by atoms with van der Waals surface area (Å²) in [7, 11) is 0. The van der Waals surface area contributed by atoms with E-state index in [2.05, 4.69) is 9.97 Å². The molecule has 0 fully saturated rings. The van der Waals surface area contributed by atoms with Crippen molar-refractivity contribution >= 4 is 11.9 Å². The van der Waals surface area contributed by atoms with Crippen molar-refractivity contribution < 1.29 is 14.7 Å². The fourth-order valence-electron chi connectivity index (χ4n) is 1.02. The molecule has 0 saturated heterocycles. The van der Waals surface area contributed by atoms with Crippen LogP contribution in [0, 0.1) is 0 Å². The molecule has 0 aliphatic carbocycles. The monoisotopic (exact) mass is 245 g/mol. The van der Waals surface area contributed by atoms with Crippen LogP contribution >= 0.6 is 0 Å². The van der Waals surface area contributed by atoms with Gasteiger partial charge in [0.05, 0.1) is 5.56 Å². The molecule has 0 bridgehead atoms. The number of rotatable bonds is 2. The van der Waals surface area contributed by atoms with E-state index in [9.17, 15) is 9.59 Å². The molecule has 3 N–H and O–H groups in total. The van der Waals surface area contributed by atoms with Crippen LogP contribution in [0.1, 0.15) is 20.8 Å². The topological polar surface area (TPSA) is 106 Å². The first-order chi connectivity index (χ1) is 8.61. The predicted molar refractivity (Wildman–Crippen MR) is 64.0 cm³/mol. The highest BCUT2D eigenvalue weighted by molar-refractivity contribution is 5.90. The number of carboxylic acids is 1. The van der Waals surface area contributed by atoms with Gasteiger partial charge in [-0.15, -0.1) is 0 Å². The molecule has 2 aromatic rings. The molecule has 0 aliphatic heterocycles. The first-order valence-electron chi connectivity index (χ1n) is 4.95. The minimum Gasteiger partial charge on any atom is -0.478 e. The van der Waals surface area contributed by atoms with Crippen LogP contribution in [0.2, 0.25) is 0 Å². The number of aromatic nitrogens is 2. The minimum atomic E-state index is -0.879. The number of carboxylic acid groups (broad SMARTS) is 1. The second kappa shape index (κ2) is 6.74. The van der Waals surface area contributed by atoms with Crippen molar-refractivity contribution in [2.24, 2.45) is 5.73 Å². The summed E-state index contributed by atoms with van der Waals surface area (Å²) in [6.07, 6.45) is 2.74. The van der Waals surface area contributed by atoms with Crippen LogP contribution < -0.4 is 5.73 Å². The number of carbonyl (C=O) groups excluding carboxylic acids is 1. The van der Waals surface area contributed by atoms with Gasteiger partial charge >= 0.3 is 5.97 Å². The summed E-state index contributed by atoms with van der Waals surface area (Å²) in [6.45, 7) is 0. The number of hydrogen-bond donors (Lipinski definition) is 2. The van der Waals surface area contributed by atoms with Crippen LogP contribution in [0.4, 0.5) is 0 Å². The SMILES string of the molecule is NC(=O)c1ccncn1.O=C(O)c1ccccc1. The van der Waals surface area contributed by atoms with Crippen LogP contribution in [-0.4, -0.2) is 27.0 Å². The fourth-order valence-corrected chi connectivity index (χ4v) is 1.02. The molecule has 1 aromatic heterocycles. The second-order valence-electron chi connectivity index (χ2n) is 3.13. The maximum Gasteiger partial charge on any atom is 0.335 e. The van der Waals surface area contributed by atoms with Gasteiger partial charge in [-0.2, -0.15) is 0 Å². The normalized spacial score (nSPS) is 8.89. The van der Waals surface area contributed by atoms with Gasteiger partial charge in [0.2, 0.25) is 0 Å². The van der Waals surface area contributed by atoms with Crippen LogP contribution in [-0.2, 0) is 0 Å². The molecule has 1 aromatic carbocycles. The summed E-state index contributed by atoms with van der Waals surface area (Å²) in [5.74, 6) is -1.41. The van der Waals surface area contributed by atoms with E-state index in [-0.39, 0.29) is 5.69 Å². The van der Waals surface area contributed by atoms with E-state index in [4.69, 9.17) is 10.8 Å². The first kappa shape index (κ1) is 13.3. The Morgan fingerprint density at radius 1 is 1.11 bits per heavy atom. The fraction of sp³-hybridized carbons (Fsp3) is 0. The zero-order valence-electron chi connectivity index (χ0n) is 9.35. The van der Waals surface area contributed by atoms with Gasteiger partial charge < -0.3 is 10.8 Å². The van der Waals surface area contributed by atoms with Crippen LogP contribution in [0.25, 0.3) is 0 Å². The lowest BCUT2D eigenvalue weighted by Gasteiger charge is -1.88. The Kier molecular flexibility index (Phi) is 4.98. The third kappa shape index (κ3) is 4.40. The lowest BCUT2D eigenvalue weighted by molar-refractivity contribution is 0.0696. The van der Waals surface area contributed by atoms with Gasteiger partial charge in [-0.3, -0.25) is 4.79 Å². The Morgan fingerprint density at radius 3 is 2.11 bits per heavy atom. The third-order valence-corrected chi connectivity index (χ3v) is 1.86. The summed E-state index contributed by atoms with van der Waals surface area (Å²) >= 11 is 0. The maximum atomic E-state index is 10.3. The average Bonchev–Trinajstić information content (AvgIpc) is 2.41. The number of primary amides is 1. The largest absolute Gasteiger partial charge is 0.478 e. The maximum absolute atomic E-state index is 10.3. The summed E-state index contributed by atoms with van der Waals surface area (Å²) in [5.41, 5.74) is 5.46. The molecule has 92 valence electrons. The molecular formula is C12H11N3O3. The summed E-state index contributed by atoms with van der Waals surface area (Å²) < 4.78 is 0. The number of aromatic carboxylic acids is 1. The number of hydrogen-bond acceptors (Lipinski definition) is 4. The van der Waals surface area contributed by atoms with Gasteiger partial charge in [-0.1, -0.05) is 18.2 Å².